The lowest BCUT2D eigenvalue weighted by Gasteiger charge is -2.16. The number of rotatable bonds is 7. The maximum absolute atomic E-state index is 12.4. The summed E-state index contributed by atoms with van der Waals surface area (Å²) in [4.78, 5) is 36.8. The van der Waals surface area contributed by atoms with Crippen LogP contribution in [0.25, 0.3) is 10.2 Å². The monoisotopic (exact) mass is 415 g/mol. The molecule has 0 fully saturated rings. The van der Waals surface area contributed by atoms with Gasteiger partial charge in [-0.15, -0.1) is 0 Å². The minimum Gasteiger partial charge on any atom is -0.464 e. The molecule has 8 heteroatoms. The normalized spacial score (nSPS) is 11.0. The van der Waals surface area contributed by atoms with Gasteiger partial charge in [0.1, 0.15) is 0 Å². The van der Waals surface area contributed by atoms with Crippen molar-refractivity contribution < 1.29 is 19.1 Å². The van der Waals surface area contributed by atoms with Gasteiger partial charge in [-0.2, -0.15) is 0 Å². The zero-order valence-corrected chi connectivity index (χ0v) is 15.8. The molecule has 0 unspecified atom stereocenters. The second-order valence-corrected chi connectivity index (χ2v) is 7.00. The molecule has 0 atom stereocenters. The molecular formula is C16H18BrNO5S. The van der Waals surface area contributed by atoms with Crippen molar-refractivity contribution in [3.05, 3.63) is 32.3 Å². The summed E-state index contributed by atoms with van der Waals surface area (Å²) < 4.78 is 12.8. The quantitative estimate of drug-likeness (QED) is 0.512. The first-order valence-electron chi connectivity index (χ1n) is 7.63. The Kier molecular flexibility index (Phi) is 6.56. The van der Waals surface area contributed by atoms with Crippen LogP contribution in [-0.2, 0) is 19.1 Å². The van der Waals surface area contributed by atoms with Crippen LogP contribution in [0.2, 0.25) is 0 Å². The smallest absolute Gasteiger partial charge is 0.341 e. The van der Waals surface area contributed by atoms with E-state index in [4.69, 9.17) is 9.47 Å². The average Bonchev–Trinajstić information content (AvgIpc) is 2.86. The van der Waals surface area contributed by atoms with Crippen LogP contribution < -0.4 is 4.87 Å². The number of aromatic nitrogens is 1. The fraction of sp³-hybridized carbons (Fsp3) is 0.438. The highest BCUT2D eigenvalue weighted by molar-refractivity contribution is 9.10. The van der Waals surface area contributed by atoms with Crippen molar-refractivity contribution >= 4 is 49.4 Å². The molecule has 0 amide bonds. The van der Waals surface area contributed by atoms with Crippen molar-refractivity contribution in [3.8, 4) is 0 Å². The number of halogens is 1. The molecule has 1 heterocycles. The molecule has 24 heavy (non-hydrogen) atoms. The lowest BCUT2D eigenvalue weighted by atomic mass is 10.2. The number of hydrogen-bond donors (Lipinski definition) is 0. The van der Waals surface area contributed by atoms with Gasteiger partial charge in [0.2, 0.25) is 6.04 Å². The first-order valence-corrected chi connectivity index (χ1v) is 9.24. The maximum Gasteiger partial charge on any atom is 0.341 e. The average molecular weight is 416 g/mol. The van der Waals surface area contributed by atoms with Crippen molar-refractivity contribution in [2.45, 2.75) is 32.7 Å². The molecule has 0 spiro atoms. The van der Waals surface area contributed by atoms with E-state index in [0.717, 1.165) is 20.4 Å². The van der Waals surface area contributed by atoms with Crippen molar-refractivity contribution in [3.63, 3.8) is 0 Å². The summed E-state index contributed by atoms with van der Waals surface area (Å²) in [5.74, 6) is -1.55. The molecule has 0 bridgehead atoms. The lowest BCUT2D eigenvalue weighted by Crippen LogP contribution is -2.35. The lowest BCUT2D eigenvalue weighted by molar-refractivity contribution is -0.160. The van der Waals surface area contributed by atoms with Gasteiger partial charge in [-0.25, -0.2) is 9.59 Å². The molecule has 0 aliphatic rings. The second-order valence-electron chi connectivity index (χ2n) is 5.09. The Hall–Kier alpha value is -1.67. The Bertz CT molecular complexity index is 777. The van der Waals surface area contributed by atoms with E-state index in [1.165, 1.54) is 0 Å². The highest BCUT2D eigenvalue weighted by Gasteiger charge is 2.34. The number of ether oxygens (including phenoxy) is 2. The van der Waals surface area contributed by atoms with E-state index < -0.39 is 22.9 Å². The summed E-state index contributed by atoms with van der Waals surface area (Å²) in [5.41, 5.74) is 0.500. The van der Waals surface area contributed by atoms with E-state index in [1.54, 1.807) is 18.2 Å². The summed E-state index contributed by atoms with van der Waals surface area (Å²) in [6.07, 6.45) is 1.24. The molecule has 1 aromatic heterocycles. The molecule has 0 radical (unpaired) electrons. The van der Waals surface area contributed by atoms with Gasteiger partial charge in [-0.05, 0) is 31.0 Å². The van der Waals surface area contributed by atoms with Crippen molar-refractivity contribution in [2.24, 2.45) is 0 Å². The third-order valence-corrected chi connectivity index (χ3v) is 4.59. The van der Waals surface area contributed by atoms with Gasteiger partial charge in [0.05, 0.1) is 23.4 Å². The number of esters is 2. The minimum atomic E-state index is -1.43. The molecule has 0 saturated carbocycles. The molecule has 130 valence electrons. The Morgan fingerprint density at radius 2 is 1.75 bits per heavy atom. The predicted molar refractivity (Wildman–Crippen MR) is 95.3 cm³/mol. The largest absolute Gasteiger partial charge is 0.464 e. The molecule has 0 aliphatic heterocycles. The number of fused-ring (bicyclic) bond motifs is 1. The second kappa shape index (κ2) is 8.43. The fourth-order valence-corrected chi connectivity index (χ4v) is 3.58. The van der Waals surface area contributed by atoms with Crippen LogP contribution in [0.4, 0.5) is 0 Å². The van der Waals surface area contributed by atoms with Crippen LogP contribution in [0.3, 0.4) is 0 Å². The van der Waals surface area contributed by atoms with Gasteiger partial charge in [-0.1, -0.05) is 41.1 Å². The topological polar surface area (TPSA) is 74.6 Å². The summed E-state index contributed by atoms with van der Waals surface area (Å²) in [6.45, 7) is 4.06. The number of nitrogens with zero attached hydrogens (tertiary/aromatic N) is 1. The first-order chi connectivity index (χ1) is 11.5. The Morgan fingerprint density at radius 3 is 2.29 bits per heavy atom. The van der Waals surface area contributed by atoms with Gasteiger partial charge in [0, 0.05) is 4.47 Å². The minimum absolute atomic E-state index is 0.179. The molecular weight excluding hydrogens is 398 g/mol. The summed E-state index contributed by atoms with van der Waals surface area (Å²) >= 11 is 4.31. The third-order valence-electron chi connectivity index (χ3n) is 3.18. The molecule has 0 aliphatic carbocycles. The predicted octanol–water partition coefficient (Wildman–Crippen LogP) is 3.27. The SMILES string of the molecule is CCCOC(=O)C(C(=O)OCCC)n1c(=O)sc2cc(Br)ccc21. The van der Waals surface area contributed by atoms with Gasteiger partial charge in [0.15, 0.2) is 0 Å². The summed E-state index contributed by atoms with van der Waals surface area (Å²) in [5, 5.41) is 0. The Balaban J connectivity index is 2.50. The van der Waals surface area contributed by atoms with Crippen molar-refractivity contribution in [2.75, 3.05) is 13.2 Å². The van der Waals surface area contributed by atoms with Gasteiger partial charge < -0.3 is 9.47 Å². The standard InChI is InChI=1S/C16H18BrNO5S/c1-3-7-22-14(19)13(15(20)23-8-4-2)18-11-6-5-10(17)9-12(11)24-16(18)21/h5-6,9,13H,3-4,7-8H2,1-2H3. The number of hydrogen-bond acceptors (Lipinski definition) is 6. The van der Waals surface area contributed by atoms with E-state index in [1.807, 2.05) is 13.8 Å². The van der Waals surface area contributed by atoms with E-state index >= 15 is 0 Å². The molecule has 0 N–H and O–H groups in total. The van der Waals surface area contributed by atoms with E-state index in [0.29, 0.717) is 23.1 Å². The Morgan fingerprint density at radius 1 is 1.17 bits per heavy atom. The third kappa shape index (κ3) is 4.05. The number of carbonyl (C=O) groups is 2. The molecule has 2 rings (SSSR count). The van der Waals surface area contributed by atoms with Gasteiger partial charge >= 0.3 is 16.8 Å². The van der Waals surface area contributed by atoms with Crippen molar-refractivity contribution in [1.82, 2.24) is 4.57 Å². The first kappa shape index (κ1) is 18.7. The van der Waals surface area contributed by atoms with E-state index in [9.17, 15) is 14.4 Å². The number of thiazole rings is 1. The maximum atomic E-state index is 12.4. The van der Waals surface area contributed by atoms with Crippen molar-refractivity contribution in [1.29, 1.82) is 0 Å². The van der Waals surface area contributed by atoms with Crippen LogP contribution in [0.5, 0.6) is 0 Å². The van der Waals surface area contributed by atoms with E-state index in [-0.39, 0.29) is 13.2 Å². The van der Waals surface area contributed by atoms with Crippen LogP contribution in [-0.4, -0.2) is 29.7 Å². The van der Waals surface area contributed by atoms with Crippen LogP contribution in [0.1, 0.15) is 32.7 Å². The molecule has 1 aromatic carbocycles. The fourth-order valence-electron chi connectivity index (χ4n) is 2.13. The zero-order valence-electron chi connectivity index (χ0n) is 13.4. The van der Waals surface area contributed by atoms with Gasteiger partial charge in [0.25, 0.3) is 0 Å². The molecule has 2 aromatic rings. The van der Waals surface area contributed by atoms with Gasteiger partial charge in [-0.3, -0.25) is 9.36 Å². The zero-order chi connectivity index (χ0) is 17.7. The number of carbonyl (C=O) groups excluding carboxylic acids is 2. The van der Waals surface area contributed by atoms with Crippen LogP contribution in [0, 0.1) is 0 Å². The van der Waals surface area contributed by atoms with Crippen LogP contribution >= 0.6 is 27.3 Å². The Labute approximate surface area is 151 Å². The highest BCUT2D eigenvalue weighted by atomic mass is 79.9. The van der Waals surface area contributed by atoms with Crippen LogP contribution in [0.15, 0.2) is 27.5 Å². The summed E-state index contributed by atoms with van der Waals surface area (Å²) in [6, 6.07) is 3.77. The highest BCUT2D eigenvalue weighted by Crippen LogP contribution is 2.25. The summed E-state index contributed by atoms with van der Waals surface area (Å²) in [7, 11) is 0. The number of benzene rings is 1. The molecule has 6 nitrogen and oxygen atoms in total. The molecule has 0 saturated heterocycles. The van der Waals surface area contributed by atoms with E-state index in [2.05, 4.69) is 15.9 Å².